The number of halogens is 2. The van der Waals surface area contributed by atoms with Crippen molar-refractivity contribution in [3.05, 3.63) is 82.9 Å². The van der Waals surface area contributed by atoms with Gasteiger partial charge in [0.25, 0.3) is 0 Å². The van der Waals surface area contributed by atoms with Crippen LogP contribution in [0.2, 0.25) is 0 Å². The summed E-state index contributed by atoms with van der Waals surface area (Å²) in [4.78, 5) is 4.63. The Morgan fingerprint density at radius 3 is 2.38 bits per heavy atom. The van der Waals surface area contributed by atoms with Crippen LogP contribution in [0, 0.1) is 17.6 Å². The smallest absolute Gasteiger partial charge is 0.165 e. The van der Waals surface area contributed by atoms with Crippen LogP contribution in [0.4, 0.5) is 14.5 Å². The number of phenols is 1. The van der Waals surface area contributed by atoms with Crippen molar-refractivity contribution in [2.24, 2.45) is 5.92 Å². The molecule has 0 bridgehead atoms. The van der Waals surface area contributed by atoms with E-state index in [9.17, 15) is 9.50 Å². The van der Waals surface area contributed by atoms with Gasteiger partial charge in [-0.15, -0.1) is 0 Å². The van der Waals surface area contributed by atoms with Gasteiger partial charge in [0.1, 0.15) is 17.3 Å². The molecule has 3 aromatic rings. The van der Waals surface area contributed by atoms with Crippen LogP contribution in [0.15, 0.2) is 54.6 Å². The van der Waals surface area contributed by atoms with Gasteiger partial charge in [0.2, 0.25) is 0 Å². The Balaban J connectivity index is 1.43. The van der Waals surface area contributed by atoms with Gasteiger partial charge in [0.05, 0.1) is 19.4 Å². The van der Waals surface area contributed by atoms with Crippen molar-refractivity contribution in [2.45, 2.75) is 38.5 Å². The highest BCUT2D eigenvalue weighted by molar-refractivity contribution is 5.55. The number of nitrogens with zero attached hydrogens (tertiary/aromatic N) is 2. The summed E-state index contributed by atoms with van der Waals surface area (Å²) in [6.45, 7) is 9.63. The van der Waals surface area contributed by atoms with Crippen molar-refractivity contribution in [1.29, 1.82) is 0 Å². The molecule has 0 aromatic heterocycles. The Bertz CT molecular complexity index is 1290. The number of benzene rings is 3. The molecule has 0 amide bonds. The van der Waals surface area contributed by atoms with E-state index in [0.29, 0.717) is 24.0 Å². The van der Waals surface area contributed by atoms with Crippen LogP contribution < -0.4 is 14.4 Å². The third kappa shape index (κ3) is 5.69. The van der Waals surface area contributed by atoms with Crippen molar-refractivity contribution >= 4 is 5.69 Å². The van der Waals surface area contributed by atoms with Crippen molar-refractivity contribution in [2.75, 3.05) is 51.3 Å². The molecule has 2 unspecified atom stereocenters. The lowest BCUT2D eigenvalue weighted by atomic mass is 9.75. The van der Waals surface area contributed by atoms with Crippen molar-refractivity contribution in [3.63, 3.8) is 0 Å². The van der Waals surface area contributed by atoms with E-state index in [-0.39, 0.29) is 29.2 Å². The lowest BCUT2D eigenvalue weighted by molar-refractivity contribution is 0.229. The fourth-order valence-corrected chi connectivity index (χ4v) is 6.18. The molecule has 7 heteroatoms. The summed E-state index contributed by atoms with van der Waals surface area (Å²) >= 11 is 0. The first-order valence-corrected chi connectivity index (χ1v) is 14.0. The maximum absolute atomic E-state index is 15.8. The Morgan fingerprint density at radius 1 is 0.949 bits per heavy atom. The lowest BCUT2D eigenvalue weighted by Gasteiger charge is -2.37. The molecule has 208 valence electrons. The normalized spacial score (nSPS) is 19.6. The number of hydrogen-bond acceptors (Lipinski definition) is 5. The predicted molar refractivity (Wildman–Crippen MR) is 150 cm³/mol. The molecule has 0 saturated carbocycles. The quantitative estimate of drug-likeness (QED) is 0.354. The zero-order valence-corrected chi connectivity index (χ0v) is 23.0. The largest absolute Gasteiger partial charge is 0.508 e. The van der Waals surface area contributed by atoms with Gasteiger partial charge in [-0.3, -0.25) is 0 Å². The molecule has 1 saturated heterocycles. The standard InChI is InChI=1S/C32H38F2N2O3/c1-4-35(5-2)19-21-12-14-36(15-13-21)29-11-7-23(16-28(29)34)32-25-9-8-24(37)18-30(25)39-20-26(32)22-6-10-27(33)31(17-22)38-3/h6-11,16-18,21,26,32,37H,4-5,12-15,19-20H2,1-3H3. The molecule has 3 aromatic carbocycles. The molecule has 1 fully saturated rings. The van der Waals surface area contributed by atoms with Crippen LogP contribution in [-0.2, 0) is 0 Å². The second kappa shape index (κ2) is 11.8. The van der Waals surface area contributed by atoms with E-state index in [1.165, 1.54) is 13.2 Å². The topological polar surface area (TPSA) is 45.2 Å². The fraction of sp³-hybridized carbons (Fsp3) is 0.438. The Kier molecular flexibility index (Phi) is 8.26. The Hall–Kier alpha value is -3.32. The molecule has 2 aliphatic heterocycles. The van der Waals surface area contributed by atoms with E-state index < -0.39 is 5.82 Å². The Labute approximate surface area is 230 Å². The van der Waals surface area contributed by atoms with Crippen LogP contribution in [0.1, 0.15) is 55.2 Å². The Morgan fingerprint density at radius 2 is 1.69 bits per heavy atom. The van der Waals surface area contributed by atoms with Gasteiger partial charge in [-0.05, 0) is 73.3 Å². The lowest BCUT2D eigenvalue weighted by Crippen LogP contribution is -2.39. The SMILES string of the molecule is CCN(CC)CC1CCN(c2ccc(C3c4ccc(O)cc4OCC3c3ccc(F)c(OC)c3)cc2F)CC1. The number of piperidine rings is 1. The van der Waals surface area contributed by atoms with Crippen LogP contribution >= 0.6 is 0 Å². The molecule has 2 atom stereocenters. The van der Waals surface area contributed by atoms with Gasteiger partial charge >= 0.3 is 0 Å². The second-order valence-electron chi connectivity index (χ2n) is 10.6. The minimum atomic E-state index is -0.434. The highest BCUT2D eigenvalue weighted by Gasteiger charge is 2.35. The summed E-state index contributed by atoms with van der Waals surface area (Å²) in [5.74, 6) is 0.379. The number of rotatable bonds is 8. The molecule has 2 heterocycles. The third-order valence-electron chi connectivity index (χ3n) is 8.45. The number of aromatic hydroxyl groups is 1. The number of anilines is 1. The highest BCUT2D eigenvalue weighted by atomic mass is 19.1. The summed E-state index contributed by atoms with van der Waals surface area (Å²) in [5, 5.41) is 10.0. The van der Waals surface area contributed by atoms with E-state index in [2.05, 4.69) is 23.6 Å². The molecule has 5 nitrogen and oxygen atoms in total. The van der Waals surface area contributed by atoms with Crippen LogP contribution in [0.3, 0.4) is 0 Å². The van der Waals surface area contributed by atoms with E-state index in [4.69, 9.17) is 9.47 Å². The molecular formula is C32H38F2N2O3. The monoisotopic (exact) mass is 536 g/mol. The molecule has 2 aliphatic rings. The predicted octanol–water partition coefficient (Wildman–Crippen LogP) is 6.55. The molecule has 39 heavy (non-hydrogen) atoms. The highest BCUT2D eigenvalue weighted by Crippen LogP contribution is 2.48. The number of phenolic OH excluding ortho intramolecular Hbond substituents is 1. The first kappa shape index (κ1) is 27.3. The van der Waals surface area contributed by atoms with Gasteiger partial charge < -0.3 is 24.4 Å². The zero-order valence-electron chi connectivity index (χ0n) is 23.0. The molecule has 0 spiro atoms. The summed E-state index contributed by atoms with van der Waals surface area (Å²) in [6.07, 6.45) is 2.12. The summed E-state index contributed by atoms with van der Waals surface area (Å²) in [5.41, 5.74) is 3.16. The van der Waals surface area contributed by atoms with E-state index >= 15 is 4.39 Å². The van der Waals surface area contributed by atoms with Crippen LogP contribution in [0.5, 0.6) is 17.2 Å². The number of ether oxygens (including phenoxy) is 2. The molecule has 1 N–H and O–H groups in total. The number of methoxy groups -OCH3 is 1. The first-order valence-electron chi connectivity index (χ1n) is 14.0. The van der Waals surface area contributed by atoms with Gasteiger partial charge in [-0.2, -0.15) is 0 Å². The molecule has 5 rings (SSSR count). The van der Waals surface area contributed by atoms with Gasteiger partial charge in [0, 0.05) is 43.1 Å². The van der Waals surface area contributed by atoms with Crippen molar-refractivity contribution < 1.29 is 23.4 Å². The van der Waals surface area contributed by atoms with Gasteiger partial charge in [-0.25, -0.2) is 8.78 Å². The zero-order chi connectivity index (χ0) is 27.5. The molecular weight excluding hydrogens is 498 g/mol. The number of hydrogen-bond donors (Lipinski definition) is 1. The van der Waals surface area contributed by atoms with Gasteiger partial charge in [-0.1, -0.05) is 32.0 Å². The second-order valence-corrected chi connectivity index (χ2v) is 10.6. The van der Waals surface area contributed by atoms with E-state index in [1.54, 1.807) is 30.3 Å². The van der Waals surface area contributed by atoms with Gasteiger partial charge in [0.15, 0.2) is 11.6 Å². The van der Waals surface area contributed by atoms with Crippen LogP contribution in [0.25, 0.3) is 0 Å². The van der Waals surface area contributed by atoms with E-state index in [1.807, 2.05) is 18.2 Å². The summed E-state index contributed by atoms with van der Waals surface area (Å²) < 4.78 is 41.2. The van der Waals surface area contributed by atoms with E-state index in [0.717, 1.165) is 62.3 Å². The fourth-order valence-electron chi connectivity index (χ4n) is 6.18. The first-order chi connectivity index (χ1) is 18.9. The average Bonchev–Trinajstić information content (AvgIpc) is 2.96. The number of fused-ring (bicyclic) bond motifs is 1. The molecule has 0 radical (unpaired) electrons. The minimum absolute atomic E-state index is 0.111. The van der Waals surface area contributed by atoms with Crippen molar-refractivity contribution in [1.82, 2.24) is 4.90 Å². The minimum Gasteiger partial charge on any atom is -0.508 e. The average molecular weight is 537 g/mol. The van der Waals surface area contributed by atoms with Crippen molar-refractivity contribution in [3.8, 4) is 17.2 Å². The molecule has 0 aliphatic carbocycles. The maximum Gasteiger partial charge on any atom is 0.165 e. The maximum atomic E-state index is 15.8. The van der Waals surface area contributed by atoms with Crippen LogP contribution in [-0.4, -0.2) is 56.4 Å². The summed E-state index contributed by atoms with van der Waals surface area (Å²) in [7, 11) is 1.44. The summed E-state index contributed by atoms with van der Waals surface area (Å²) in [6, 6.07) is 15.4. The third-order valence-corrected chi connectivity index (χ3v) is 8.45.